The Morgan fingerprint density at radius 2 is 1.65 bits per heavy atom. The molecule has 0 atom stereocenters. The summed E-state index contributed by atoms with van der Waals surface area (Å²) in [5.41, 5.74) is 5.40. The van der Waals surface area contributed by atoms with Gasteiger partial charge < -0.3 is 5.73 Å². The number of unbranched alkanes of at least 4 members (excludes halogenated alkanes) is 7. The lowest BCUT2D eigenvalue weighted by atomic mass is 10.1. The maximum absolute atomic E-state index is 11.5. The van der Waals surface area contributed by atoms with Crippen LogP contribution in [0.1, 0.15) is 70.5 Å². The number of nitrogens with one attached hydrogen (secondary N) is 1. The summed E-state index contributed by atoms with van der Waals surface area (Å²) in [6, 6.07) is 0. The summed E-state index contributed by atoms with van der Waals surface area (Å²) < 4.78 is 1.77. The smallest absolute Gasteiger partial charge is 0.330 e. The lowest BCUT2D eigenvalue weighted by molar-refractivity contribution is 0.555. The van der Waals surface area contributed by atoms with E-state index in [0.29, 0.717) is 0 Å². The van der Waals surface area contributed by atoms with Crippen LogP contribution in [0, 0.1) is 0 Å². The molecule has 0 unspecified atom stereocenters. The van der Waals surface area contributed by atoms with Crippen LogP contribution in [0.4, 0.5) is 0 Å². The molecule has 0 saturated carbocycles. The van der Waals surface area contributed by atoms with Gasteiger partial charge in [-0.15, -0.1) is 0 Å². The Balaban J connectivity index is 2.08. The first-order valence-corrected chi connectivity index (χ1v) is 8.13. The van der Waals surface area contributed by atoms with Crippen LogP contribution in [-0.4, -0.2) is 21.3 Å². The van der Waals surface area contributed by atoms with E-state index in [4.69, 9.17) is 5.73 Å². The minimum atomic E-state index is -0.0678. The zero-order valence-corrected chi connectivity index (χ0v) is 12.9. The molecular weight excluding hydrogens is 252 g/mol. The Hall–Kier alpha value is -1.10. The first-order valence-electron chi connectivity index (χ1n) is 8.13. The van der Waals surface area contributed by atoms with Gasteiger partial charge in [-0.2, -0.15) is 5.10 Å². The standard InChI is InChI=1S/C15H30N4O/c1-2-13-19-14(17-18-15(19)20)11-9-7-5-3-4-6-8-10-12-16/h2-13,16H2,1H3,(H,18,20). The third-order valence-electron chi connectivity index (χ3n) is 3.64. The summed E-state index contributed by atoms with van der Waals surface area (Å²) in [5.74, 6) is 0.916. The Kier molecular flexibility index (Phi) is 9.04. The van der Waals surface area contributed by atoms with Crippen LogP contribution in [-0.2, 0) is 13.0 Å². The fraction of sp³-hybridized carbons (Fsp3) is 0.867. The molecule has 0 amide bonds. The summed E-state index contributed by atoms with van der Waals surface area (Å²) in [6.07, 6.45) is 11.9. The lowest BCUT2D eigenvalue weighted by Crippen LogP contribution is -2.18. The van der Waals surface area contributed by atoms with E-state index in [1.165, 1.54) is 38.5 Å². The van der Waals surface area contributed by atoms with Gasteiger partial charge in [0.15, 0.2) is 0 Å². The van der Waals surface area contributed by atoms with E-state index >= 15 is 0 Å². The predicted octanol–water partition coefficient (Wildman–Crippen LogP) is 2.60. The van der Waals surface area contributed by atoms with Crippen LogP contribution in [0.2, 0.25) is 0 Å². The molecule has 3 N–H and O–H groups in total. The number of rotatable bonds is 12. The van der Waals surface area contributed by atoms with Gasteiger partial charge in [0, 0.05) is 13.0 Å². The van der Waals surface area contributed by atoms with Gasteiger partial charge in [-0.1, -0.05) is 45.4 Å². The summed E-state index contributed by atoms with van der Waals surface area (Å²) in [6.45, 7) is 3.67. The lowest BCUT2D eigenvalue weighted by Gasteiger charge is -2.04. The SMILES string of the molecule is CCCn1c(CCCCCCCCCCN)n[nH]c1=O. The van der Waals surface area contributed by atoms with Crippen molar-refractivity contribution in [2.75, 3.05) is 6.54 Å². The first kappa shape index (κ1) is 17.0. The summed E-state index contributed by atoms with van der Waals surface area (Å²) >= 11 is 0. The number of aromatic amines is 1. The van der Waals surface area contributed by atoms with Crippen LogP contribution >= 0.6 is 0 Å². The molecule has 0 aliphatic carbocycles. The van der Waals surface area contributed by atoms with E-state index in [1.54, 1.807) is 4.57 Å². The van der Waals surface area contributed by atoms with Crippen LogP contribution < -0.4 is 11.4 Å². The van der Waals surface area contributed by atoms with Gasteiger partial charge in [0.1, 0.15) is 5.82 Å². The van der Waals surface area contributed by atoms with E-state index in [2.05, 4.69) is 17.1 Å². The number of nitrogens with two attached hydrogens (primary N) is 1. The van der Waals surface area contributed by atoms with Gasteiger partial charge in [0.25, 0.3) is 0 Å². The van der Waals surface area contributed by atoms with Crippen LogP contribution in [0.5, 0.6) is 0 Å². The molecule has 1 rings (SSSR count). The van der Waals surface area contributed by atoms with Gasteiger partial charge in [0.2, 0.25) is 0 Å². The van der Waals surface area contributed by atoms with Gasteiger partial charge in [-0.05, 0) is 25.8 Å². The number of aromatic nitrogens is 3. The van der Waals surface area contributed by atoms with Crippen molar-refractivity contribution < 1.29 is 0 Å². The van der Waals surface area contributed by atoms with Crippen molar-refractivity contribution in [2.24, 2.45) is 5.73 Å². The highest BCUT2D eigenvalue weighted by atomic mass is 16.1. The van der Waals surface area contributed by atoms with Gasteiger partial charge in [0.05, 0.1) is 0 Å². The maximum Gasteiger partial charge on any atom is 0.343 e. The quantitative estimate of drug-likeness (QED) is 0.578. The fourth-order valence-electron chi connectivity index (χ4n) is 2.48. The fourth-order valence-corrected chi connectivity index (χ4v) is 2.48. The Morgan fingerprint density at radius 3 is 2.25 bits per heavy atom. The molecule has 0 radical (unpaired) electrons. The average Bonchev–Trinajstić information content (AvgIpc) is 2.79. The molecule has 0 saturated heterocycles. The second-order valence-electron chi connectivity index (χ2n) is 5.46. The summed E-state index contributed by atoms with van der Waals surface area (Å²) in [7, 11) is 0. The third-order valence-corrected chi connectivity index (χ3v) is 3.64. The molecule has 1 heterocycles. The van der Waals surface area contributed by atoms with Crippen LogP contribution in [0.3, 0.4) is 0 Å². The monoisotopic (exact) mass is 282 g/mol. The highest BCUT2D eigenvalue weighted by Gasteiger charge is 2.06. The number of aryl methyl sites for hydroxylation is 1. The van der Waals surface area contributed by atoms with Crippen LogP contribution in [0.25, 0.3) is 0 Å². The normalized spacial score (nSPS) is 11.1. The van der Waals surface area contributed by atoms with Crippen molar-refractivity contribution in [3.8, 4) is 0 Å². The molecule has 20 heavy (non-hydrogen) atoms. The third kappa shape index (κ3) is 6.37. The topological polar surface area (TPSA) is 76.7 Å². The van der Waals surface area contributed by atoms with E-state index in [1.807, 2.05) is 0 Å². The average molecular weight is 282 g/mol. The maximum atomic E-state index is 11.5. The Bertz CT molecular complexity index is 397. The van der Waals surface area contributed by atoms with Crippen molar-refractivity contribution in [1.82, 2.24) is 14.8 Å². The molecule has 1 aromatic rings. The molecule has 0 aliphatic rings. The second-order valence-corrected chi connectivity index (χ2v) is 5.46. The highest BCUT2D eigenvalue weighted by Crippen LogP contribution is 2.10. The van der Waals surface area contributed by atoms with Crippen molar-refractivity contribution in [1.29, 1.82) is 0 Å². The highest BCUT2D eigenvalue weighted by molar-refractivity contribution is 4.86. The Morgan fingerprint density at radius 1 is 1.05 bits per heavy atom. The van der Waals surface area contributed by atoms with Gasteiger partial charge in [-0.3, -0.25) is 4.57 Å². The number of H-pyrrole nitrogens is 1. The van der Waals surface area contributed by atoms with Crippen molar-refractivity contribution >= 4 is 0 Å². The molecule has 0 bridgehead atoms. The zero-order valence-electron chi connectivity index (χ0n) is 12.9. The molecule has 1 aromatic heterocycles. The zero-order chi connectivity index (χ0) is 14.6. The summed E-state index contributed by atoms with van der Waals surface area (Å²) in [4.78, 5) is 11.5. The molecular formula is C15H30N4O. The van der Waals surface area contributed by atoms with E-state index in [9.17, 15) is 4.79 Å². The number of hydrogen-bond acceptors (Lipinski definition) is 3. The van der Waals surface area contributed by atoms with E-state index in [0.717, 1.165) is 44.6 Å². The molecule has 0 aromatic carbocycles. The minimum absolute atomic E-state index is 0.0678. The van der Waals surface area contributed by atoms with E-state index < -0.39 is 0 Å². The molecule has 0 fully saturated rings. The number of nitrogens with zero attached hydrogens (tertiary/aromatic N) is 2. The second kappa shape index (κ2) is 10.7. The van der Waals surface area contributed by atoms with Gasteiger partial charge >= 0.3 is 5.69 Å². The molecule has 5 nitrogen and oxygen atoms in total. The number of hydrogen-bond donors (Lipinski definition) is 2. The van der Waals surface area contributed by atoms with E-state index in [-0.39, 0.29) is 5.69 Å². The Labute approximate surface area is 122 Å². The van der Waals surface area contributed by atoms with Crippen molar-refractivity contribution in [3.05, 3.63) is 16.3 Å². The molecule has 116 valence electrons. The predicted molar refractivity (Wildman–Crippen MR) is 82.8 cm³/mol. The minimum Gasteiger partial charge on any atom is -0.330 e. The molecule has 5 heteroatoms. The largest absolute Gasteiger partial charge is 0.343 e. The molecule has 0 aliphatic heterocycles. The summed E-state index contributed by atoms with van der Waals surface area (Å²) in [5, 5.41) is 6.67. The van der Waals surface area contributed by atoms with Gasteiger partial charge in [-0.25, -0.2) is 9.89 Å². The van der Waals surface area contributed by atoms with Crippen molar-refractivity contribution in [2.45, 2.75) is 77.7 Å². The van der Waals surface area contributed by atoms with Crippen LogP contribution in [0.15, 0.2) is 4.79 Å². The van der Waals surface area contributed by atoms with Crippen molar-refractivity contribution in [3.63, 3.8) is 0 Å². The molecule has 0 spiro atoms. The first-order chi connectivity index (χ1) is 9.79.